The molecular weight excluding hydrogens is 348 g/mol. The number of hydrogen-bond acceptors (Lipinski definition) is 6. The molecule has 110 valence electrons. The highest BCUT2D eigenvalue weighted by Gasteiger charge is 2.12. The number of rotatable bonds is 3. The molecule has 7 heteroatoms. The van der Waals surface area contributed by atoms with Crippen molar-refractivity contribution in [3.8, 4) is 17.4 Å². The van der Waals surface area contributed by atoms with Crippen LogP contribution in [0.25, 0.3) is 11.5 Å². The van der Waals surface area contributed by atoms with Crippen molar-refractivity contribution in [1.29, 1.82) is 0 Å². The Hall–Kier alpha value is -2.67. The lowest BCUT2D eigenvalue weighted by Crippen LogP contribution is -1.88. The Labute approximate surface area is 134 Å². The van der Waals surface area contributed by atoms with E-state index in [1.807, 2.05) is 24.3 Å². The maximum Gasteiger partial charge on any atom is 0.312 e. The number of oxazole rings is 1. The van der Waals surface area contributed by atoms with Crippen molar-refractivity contribution in [1.82, 2.24) is 9.97 Å². The Morgan fingerprint density at radius 2 is 1.91 bits per heavy atom. The summed E-state index contributed by atoms with van der Waals surface area (Å²) in [6.45, 7) is 0. The number of halogens is 1. The molecule has 0 saturated heterocycles. The lowest BCUT2D eigenvalue weighted by atomic mass is 10.2. The number of anilines is 1. The van der Waals surface area contributed by atoms with Crippen molar-refractivity contribution >= 4 is 33.8 Å². The number of pyridine rings is 1. The molecule has 0 saturated carbocycles. The molecule has 22 heavy (non-hydrogen) atoms. The van der Waals surface area contributed by atoms with Crippen LogP contribution in [-0.2, 0) is 0 Å². The smallest absolute Gasteiger partial charge is 0.312 e. The van der Waals surface area contributed by atoms with Gasteiger partial charge in [0.25, 0.3) is 0 Å². The van der Waals surface area contributed by atoms with Crippen molar-refractivity contribution in [3.63, 3.8) is 0 Å². The Balaban J connectivity index is 1.88. The monoisotopic (exact) mass is 358 g/mol. The summed E-state index contributed by atoms with van der Waals surface area (Å²) in [6.07, 6.45) is 1.38. The van der Waals surface area contributed by atoms with E-state index in [1.165, 1.54) is 6.21 Å². The van der Waals surface area contributed by atoms with Gasteiger partial charge >= 0.3 is 5.95 Å². The zero-order valence-corrected chi connectivity index (χ0v) is 12.9. The summed E-state index contributed by atoms with van der Waals surface area (Å²) in [5, 5.41) is 9.81. The third-order valence-electron chi connectivity index (χ3n) is 2.80. The lowest BCUT2D eigenvalue weighted by molar-refractivity contribution is 0.337. The normalized spacial score (nSPS) is 11.1. The molecule has 2 aromatic heterocycles. The molecule has 2 heterocycles. The van der Waals surface area contributed by atoms with Gasteiger partial charge < -0.3 is 15.3 Å². The summed E-state index contributed by atoms with van der Waals surface area (Å²) in [7, 11) is 0. The van der Waals surface area contributed by atoms with Crippen LogP contribution in [0.3, 0.4) is 0 Å². The maximum absolute atomic E-state index is 9.81. The molecule has 1 aromatic carbocycles. The van der Waals surface area contributed by atoms with Crippen molar-refractivity contribution in [2.24, 2.45) is 4.99 Å². The Kier molecular flexibility index (Phi) is 3.88. The average molecular weight is 359 g/mol. The molecule has 0 radical (unpaired) electrons. The first-order valence-electron chi connectivity index (χ1n) is 6.34. The Morgan fingerprint density at radius 3 is 2.64 bits per heavy atom. The van der Waals surface area contributed by atoms with E-state index < -0.39 is 0 Å². The van der Waals surface area contributed by atoms with Crippen molar-refractivity contribution in [2.45, 2.75) is 0 Å². The zero-order chi connectivity index (χ0) is 15.5. The SMILES string of the molecule is Nc1cccc(/N=C/c2nc(-c3ccc(Br)cc3)oc2O)n1. The summed E-state index contributed by atoms with van der Waals surface area (Å²) < 4.78 is 6.19. The summed E-state index contributed by atoms with van der Waals surface area (Å²) >= 11 is 3.36. The topological polar surface area (TPSA) is 97.5 Å². The summed E-state index contributed by atoms with van der Waals surface area (Å²) in [5.41, 5.74) is 6.55. The Morgan fingerprint density at radius 1 is 1.14 bits per heavy atom. The van der Waals surface area contributed by atoms with Gasteiger partial charge in [-0.15, -0.1) is 0 Å². The lowest BCUT2D eigenvalue weighted by Gasteiger charge is -1.94. The van der Waals surface area contributed by atoms with Gasteiger partial charge in [0, 0.05) is 10.0 Å². The van der Waals surface area contributed by atoms with Crippen LogP contribution < -0.4 is 5.73 Å². The van der Waals surface area contributed by atoms with E-state index >= 15 is 0 Å². The minimum atomic E-state index is -0.300. The van der Waals surface area contributed by atoms with E-state index in [9.17, 15) is 5.11 Å². The van der Waals surface area contributed by atoms with Crippen LogP contribution in [0.4, 0.5) is 11.6 Å². The van der Waals surface area contributed by atoms with Crippen molar-refractivity contribution in [2.75, 3.05) is 5.73 Å². The molecule has 0 atom stereocenters. The number of benzene rings is 1. The van der Waals surface area contributed by atoms with E-state index in [4.69, 9.17) is 10.2 Å². The molecule has 0 aliphatic carbocycles. The highest BCUT2D eigenvalue weighted by molar-refractivity contribution is 9.10. The molecular formula is C15H11BrN4O2. The van der Waals surface area contributed by atoms with Crippen LogP contribution in [0.1, 0.15) is 5.69 Å². The largest absolute Gasteiger partial charge is 0.479 e. The molecule has 0 aliphatic heterocycles. The van der Waals surface area contributed by atoms with Gasteiger partial charge in [-0.05, 0) is 36.4 Å². The second kappa shape index (κ2) is 5.98. The van der Waals surface area contributed by atoms with Gasteiger partial charge in [-0.1, -0.05) is 22.0 Å². The van der Waals surface area contributed by atoms with Crippen LogP contribution in [0, 0.1) is 0 Å². The highest BCUT2D eigenvalue weighted by Crippen LogP contribution is 2.26. The van der Waals surface area contributed by atoms with Crippen molar-refractivity contribution < 1.29 is 9.52 Å². The van der Waals surface area contributed by atoms with Crippen LogP contribution >= 0.6 is 15.9 Å². The standard InChI is InChI=1S/C15H11BrN4O2/c16-10-6-4-9(5-7-10)14-19-11(15(21)22-14)8-18-13-3-1-2-12(17)20-13/h1-8,21H,(H2,17,20)/b18-8+. The van der Waals surface area contributed by atoms with E-state index in [2.05, 4.69) is 30.9 Å². The quantitative estimate of drug-likeness (QED) is 0.697. The first kappa shape index (κ1) is 14.3. The maximum atomic E-state index is 9.81. The van der Waals surface area contributed by atoms with E-state index in [-0.39, 0.29) is 11.6 Å². The molecule has 3 rings (SSSR count). The molecule has 0 unspecified atom stereocenters. The molecule has 0 spiro atoms. The minimum absolute atomic E-state index is 0.224. The number of aromatic hydroxyl groups is 1. The fraction of sp³-hybridized carbons (Fsp3) is 0. The summed E-state index contributed by atoms with van der Waals surface area (Å²) in [6, 6.07) is 12.5. The van der Waals surface area contributed by atoms with Gasteiger partial charge in [0.15, 0.2) is 11.5 Å². The van der Waals surface area contributed by atoms with Crippen LogP contribution in [0.15, 0.2) is 56.3 Å². The molecule has 0 amide bonds. The van der Waals surface area contributed by atoms with Crippen molar-refractivity contribution in [3.05, 3.63) is 52.6 Å². The second-order valence-corrected chi connectivity index (χ2v) is 5.31. The predicted octanol–water partition coefficient (Wildman–Crippen LogP) is 3.54. The number of nitrogen functional groups attached to an aromatic ring is 1. The minimum Gasteiger partial charge on any atom is -0.479 e. The van der Waals surface area contributed by atoms with E-state index in [1.54, 1.807) is 18.2 Å². The van der Waals surface area contributed by atoms with Gasteiger partial charge in [0.2, 0.25) is 5.89 Å². The zero-order valence-electron chi connectivity index (χ0n) is 11.3. The van der Waals surface area contributed by atoms with Gasteiger partial charge in [-0.2, -0.15) is 0 Å². The molecule has 6 nitrogen and oxygen atoms in total. The predicted molar refractivity (Wildman–Crippen MR) is 87.2 cm³/mol. The van der Waals surface area contributed by atoms with Crippen LogP contribution in [0.2, 0.25) is 0 Å². The second-order valence-electron chi connectivity index (χ2n) is 4.40. The fourth-order valence-electron chi connectivity index (χ4n) is 1.76. The average Bonchev–Trinajstić information content (AvgIpc) is 2.87. The van der Waals surface area contributed by atoms with Gasteiger partial charge in [-0.25, -0.2) is 15.0 Å². The number of nitrogens with two attached hydrogens (primary N) is 1. The molecule has 3 aromatic rings. The van der Waals surface area contributed by atoms with E-state index in [0.29, 0.717) is 17.5 Å². The summed E-state index contributed by atoms with van der Waals surface area (Å²) in [5.74, 6) is 0.805. The number of aliphatic imine (C=N–C) groups is 1. The summed E-state index contributed by atoms with van der Waals surface area (Å²) in [4.78, 5) is 12.3. The number of hydrogen-bond donors (Lipinski definition) is 2. The number of nitrogens with zero attached hydrogens (tertiary/aromatic N) is 3. The first-order valence-corrected chi connectivity index (χ1v) is 7.13. The van der Waals surface area contributed by atoms with Crippen LogP contribution in [-0.4, -0.2) is 21.3 Å². The van der Waals surface area contributed by atoms with E-state index in [0.717, 1.165) is 10.0 Å². The molecule has 0 bridgehead atoms. The fourth-order valence-corrected chi connectivity index (χ4v) is 2.03. The molecule has 0 aliphatic rings. The van der Waals surface area contributed by atoms with Crippen LogP contribution in [0.5, 0.6) is 5.95 Å². The third kappa shape index (κ3) is 3.15. The highest BCUT2D eigenvalue weighted by atomic mass is 79.9. The van der Waals surface area contributed by atoms with Gasteiger partial charge in [0.1, 0.15) is 5.82 Å². The number of aromatic nitrogens is 2. The van der Waals surface area contributed by atoms with Gasteiger partial charge in [-0.3, -0.25) is 0 Å². The van der Waals surface area contributed by atoms with Gasteiger partial charge in [0.05, 0.1) is 6.21 Å². The molecule has 0 fully saturated rings. The third-order valence-corrected chi connectivity index (χ3v) is 3.33. The molecule has 3 N–H and O–H groups in total. The Bertz CT molecular complexity index is 828. The first-order chi connectivity index (χ1) is 10.6.